The molecule has 5 nitrogen and oxygen atoms in total. The highest BCUT2D eigenvalue weighted by Gasteiger charge is 2.16. The van der Waals surface area contributed by atoms with Crippen molar-refractivity contribution in [2.45, 2.75) is 32.2 Å². The normalized spacial score (nSPS) is 12.2. The van der Waals surface area contributed by atoms with Gasteiger partial charge in [0.1, 0.15) is 23.3 Å². The van der Waals surface area contributed by atoms with Crippen LogP contribution in [0.3, 0.4) is 0 Å². The third-order valence-electron chi connectivity index (χ3n) is 3.57. The van der Waals surface area contributed by atoms with Crippen LogP contribution in [0.2, 0.25) is 0 Å². The number of carboxylic acid groups (broad SMARTS) is 1. The lowest BCUT2D eigenvalue weighted by molar-refractivity contribution is -0.138. The second-order valence-corrected chi connectivity index (χ2v) is 5.76. The molecule has 0 aromatic heterocycles. The Labute approximate surface area is 135 Å². The van der Waals surface area contributed by atoms with Gasteiger partial charge in [-0.05, 0) is 59.9 Å². The first kappa shape index (κ1) is 16.8. The molecule has 2 aromatic rings. The molecule has 5 heteroatoms. The summed E-state index contributed by atoms with van der Waals surface area (Å²) < 4.78 is 5.77. The molecule has 0 spiro atoms. The molecule has 0 aliphatic carbocycles. The topological polar surface area (TPSA) is 92.8 Å². The molecule has 0 saturated heterocycles. The Morgan fingerprint density at radius 3 is 2.30 bits per heavy atom. The Kier molecular flexibility index (Phi) is 5.24. The number of nitrogens with two attached hydrogens (primary N) is 1. The van der Waals surface area contributed by atoms with Gasteiger partial charge < -0.3 is 20.7 Å². The Hall–Kier alpha value is -2.53. The SMILES string of the molecule is CC(C)c1cc(Oc2ccc(O)cc2)ccc1CC(N)C(=O)O. The van der Waals surface area contributed by atoms with E-state index < -0.39 is 12.0 Å². The van der Waals surface area contributed by atoms with Gasteiger partial charge in [0.15, 0.2) is 0 Å². The average Bonchev–Trinajstić information content (AvgIpc) is 2.50. The van der Waals surface area contributed by atoms with Crippen LogP contribution in [0.4, 0.5) is 0 Å². The number of ether oxygens (including phenoxy) is 1. The number of aliphatic carboxylic acids is 1. The molecule has 1 unspecified atom stereocenters. The predicted octanol–water partition coefficient (Wildman–Crippen LogP) is 3.26. The maximum atomic E-state index is 11.0. The van der Waals surface area contributed by atoms with Crippen molar-refractivity contribution < 1.29 is 19.7 Å². The van der Waals surface area contributed by atoms with Crippen molar-refractivity contribution in [3.63, 3.8) is 0 Å². The van der Waals surface area contributed by atoms with Crippen LogP contribution in [0.15, 0.2) is 42.5 Å². The highest BCUT2D eigenvalue weighted by molar-refractivity contribution is 5.73. The molecule has 4 N–H and O–H groups in total. The minimum Gasteiger partial charge on any atom is -0.508 e. The van der Waals surface area contributed by atoms with Crippen molar-refractivity contribution in [1.82, 2.24) is 0 Å². The molecule has 0 radical (unpaired) electrons. The third kappa shape index (κ3) is 4.47. The molecule has 122 valence electrons. The maximum absolute atomic E-state index is 11.0. The second-order valence-electron chi connectivity index (χ2n) is 5.76. The van der Waals surface area contributed by atoms with E-state index in [9.17, 15) is 9.90 Å². The molecule has 0 bridgehead atoms. The number of benzene rings is 2. The molecule has 2 aromatic carbocycles. The van der Waals surface area contributed by atoms with E-state index in [0.717, 1.165) is 11.1 Å². The van der Waals surface area contributed by atoms with Crippen LogP contribution in [0.25, 0.3) is 0 Å². The zero-order chi connectivity index (χ0) is 17.0. The first-order chi connectivity index (χ1) is 10.9. The van der Waals surface area contributed by atoms with Gasteiger partial charge in [-0.25, -0.2) is 0 Å². The first-order valence-corrected chi connectivity index (χ1v) is 7.45. The predicted molar refractivity (Wildman–Crippen MR) is 88.0 cm³/mol. The Bertz CT molecular complexity index is 680. The average molecular weight is 315 g/mol. The van der Waals surface area contributed by atoms with Crippen molar-refractivity contribution in [1.29, 1.82) is 0 Å². The van der Waals surface area contributed by atoms with Crippen LogP contribution in [0.1, 0.15) is 30.9 Å². The Morgan fingerprint density at radius 2 is 1.74 bits per heavy atom. The molecule has 1 atom stereocenters. The quantitative estimate of drug-likeness (QED) is 0.761. The summed E-state index contributed by atoms with van der Waals surface area (Å²) >= 11 is 0. The van der Waals surface area contributed by atoms with Crippen LogP contribution in [0, 0.1) is 0 Å². The highest BCUT2D eigenvalue weighted by atomic mass is 16.5. The van der Waals surface area contributed by atoms with Gasteiger partial charge in [0.2, 0.25) is 0 Å². The van der Waals surface area contributed by atoms with Crippen molar-refractivity contribution in [3.8, 4) is 17.2 Å². The molecule has 0 heterocycles. The lowest BCUT2D eigenvalue weighted by Gasteiger charge is -2.16. The number of hydrogen-bond acceptors (Lipinski definition) is 4. The fourth-order valence-electron chi connectivity index (χ4n) is 2.33. The number of carboxylic acids is 1. The lowest BCUT2D eigenvalue weighted by atomic mass is 9.93. The molecule has 2 rings (SSSR count). The van der Waals surface area contributed by atoms with Crippen LogP contribution in [-0.2, 0) is 11.2 Å². The van der Waals surface area contributed by atoms with Crippen molar-refractivity contribution in [3.05, 3.63) is 53.6 Å². The smallest absolute Gasteiger partial charge is 0.320 e. The number of hydrogen-bond donors (Lipinski definition) is 3. The van der Waals surface area contributed by atoms with Crippen LogP contribution in [-0.4, -0.2) is 22.2 Å². The van der Waals surface area contributed by atoms with Gasteiger partial charge in [-0.3, -0.25) is 4.79 Å². The molecular formula is C18H21NO4. The monoisotopic (exact) mass is 315 g/mol. The largest absolute Gasteiger partial charge is 0.508 e. The summed E-state index contributed by atoms with van der Waals surface area (Å²) in [7, 11) is 0. The molecule has 0 amide bonds. The van der Waals surface area contributed by atoms with Gasteiger partial charge in [-0.1, -0.05) is 19.9 Å². The Morgan fingerprint density at radius 1 is 1.13 bits per heavy atom. The number of aromatic hydroxyl groups is 1. The molecule has 0 saturated carbocycles. The van der Waals surface area contributed by atoms with E-state index in [1.807, 2.05) is 26.0 Å². The van der Waals surface area contributed by atoms with E-state index >= 15 is 0 Å². The van der Waals surface area contributed by atoms with E-state index in [4.69, 9.17) is 15.6 Å². The van der Waals surface area contributed by atoms with Gasteiger partial charge in [0.25, 0.3) is 0 Å². The summed E-state index contributed by atoms with van der Waals surface area (Å²) in [4.78, 5) is 11.0. The molecular weight excluding hydrogens is 294 g/mol. The molecule has 0 aliphatic heterocycles. The third-order valence-corrected chi connectivity index (χ3v) is 3.57. The number of carbonyl (C=O) groups is 1. The fraction of sp³-hybridized carbons (Fsp3) is 0.278. The zero-order valence-corrected chi connectivity index (χ0v) is 13.2. The van der Waals surface area contributed by atoms with Crippen molar-refractivity contribution in [2.75, 3.05) is 0 Å². The van der Waals surface area contributed by atoms with Gasteiger partial charge in [0.05, 0.1) is 0 Å². The summed E-state index contributed by atoms with van der Waals surface area (Å²) in [6.45, 7) is 4.07. The van der Waals surface area contributed by atoms with E-state index in [1.54, 1.807) is 30.3 Å². The summed E-state index contributed by atoms with van der Waals surface area (Å²) in [5.41, 5.74) is 7.56. The minimum absolute atomic E-state index is 0.179. The minimum atomic E-state index is -1.01. The fourth-order valence-corrected chi connectivity index (χ4v) is 2.33. The number of rotatable bonds is 6. The van der Waals surface area contributed by atoms with Crippen LogP contribution in [0.5, 0.6) is 17.2 Å². The van der Waals surface area contributed by atoms with E-state index in [-0.39, 0.29) is 18.1 Å². The first-order valence-electron chi connectivity index (χ1n) is 7.45. The van der Waals surface area contributed by atoms with Crippen molar-refractivity contribution >= 4 is 5.97 Å². The summed E-state index contributed by atoms with van der Waals surface area (Å²) in [6, 6.07) is 11.1. The molecule has 0 aliphatic rings. The van der Waals surface area contributed by atoms with Crippen molar-refractivity contribution in [2.24, 2.45) is 5.73 Å². The number of phenols is 1. The van der Waals surface area contributed by atoms with Gasteiger partial charge in [-0.15, -0.1) is 0 Å². The molecule has 0 fully saturated rings. The number of phenolic OH excluding ortho intramolecular Hbond substituents is 1. The summed E-state index contributed by atoms with van der Waals surface area (Å²) in [5, 5.41) is 18.3. The standard InChI is InChI=1S/C18H21NO4/c1-11(2)16-10-15(23-14-7-4-13(20)5-8-14)6-3-12(16)9-17(19)18(21)22/h3-8,10-11,17,20H,9,19H2,1-2H3,(H,21,22). The van der Waals surface area contributed by atoms with Gasteiger partial charge in [-0.2, -0.15) is 0 Å². The highest BCUT2D eigenvalue weighted by Crippen LogP contribution is 2.29. The maximum Gasteiger partial charge on any atom is 0.320 e. The van der Waals surface area contributed by atoms with E-state index in [2.05, 4.69) is 0 Å². The molecule has 23 heavy (non-hydrogen) atoms. The van der Waals surface area contributed by atoms with E-state index in [0.29, 0.717) is 11.5 Å². The van der Waals surface area contributed by atoms with Gasteiger partial charge >= 0.3 is 5.97 Å². The second kappa shape index (κ2) is 7.15. The van der Waals surface area contributed by atoms with Crippen LogP contribution >= 0.6 is 0 Å². The van der Waals surface area contributed by atoms with Gasteiger partial charge in [0, 0.05) is 0 Å². The lowest BCUT2D eigenvalue weighted by Crippen LogP contribution is -2.32. The zero-order valence-electron chi connectivity index (χ0n) is 13.2. The van der Waals surface area contributed by atoms with E-state index in [1.165, 1.54) is 0 Å². The summed E-state index contributed by atoms with van der Waals surface area (Å²) in [5.74, 6) is 0.663. The Balaban J connectivity index is 2.24. The summed E-state index contributed by atoms with van der Waals surface area (Å²) in [6.07, 6.45) is 0.280. The van der Waals surface area contributed by atoms with Crippen LogP contribution < -0.4 is 10.5 Å².